The number of rotatable bonds is 5. The van der Waals surface area contributed by atoms with Crippen LogP contribution in [0.5, 0.6) is 11.5 Å². The van der Waals surface area contributed by atoms with Gasteiger partial charge in [0.1, 0.15) is 5.82 Å². The molecular formula is C51H41BN6OPt. The monoisotopic (exact) mass is 959 g/mol. The van der Waals surface area contributed by atoms with Gasteiger partial charge in [-0.15, -0.1) is 23.6 Å². The van der Waals surface area contributed by atoms with E-state index in [0.29, 0.717) is 11.5 Å². The number of hydrogen-bond acceptors (Lipinski definition) is 4. The van der Waals surface area contributed by atoms with Gasteiger partial charge in [0.25, 0.3) is 0 Å². The zero-order valence-electron chi connectivity index (χ0n) is 34.3. The molecule has 1 aliphatic heterocycles. The van der Waals surface area contributed by atoms with Crippen LogP contribution < -0.4 is 15.0 Å². The number of hydrogen-bond donors (Lipinski definition) is 0. The van der Waals surface area contributed by atoms with Crippen LogP contribution in [0.1, 0.15) is 37.5 Å². The van der Waals surface area contributed by atoms with Crippen LogP contribution in [0, 0.1) is 26.0 Å². The molecule has 0 saturated carbocycles. The summed E-state index contributed by atoms with van der Waals surface area (Å²) in [7, 11) is 2.14. The van der Waals surface area contributed by atoms with E-state index >= 15 is 0 Å². The number of nitrogens with zero attached hydrogens (tertiary/aromatic N) is 6. The van der Waals surface area contributed by atoms with Gasteiger partial charge in [-0.2, -0.15) is 6.07 Å². The van der Waals surface area contributed by atoms with Gasteiger partial charge < -0.3 is 23.2 Å². The van der Waals surface area contributed by atoms with Crippen molar-refractivity contribution in [2.75, 3.05) is 11.9 Å². The number of anilines is 1. The maximum Gasteiger partial charge on any atom is 2.00 e. The van der Waals surface area contributed by atoms with Crippen molar-refractivity contribution in [1.82, 2.24) is 23.6 Å². The molecule has 0 amide bonds. The molecule has 60 heavy (non-hydrogen) atoms. The van der Waals surface area contributed by atoms with E-state index in [0.717, 1.165) is 50.4 Å². The zero-order chi connectivity index (χ0) is 40.2. The summed E-state index contributed by atoms with van der Waals surface area (Å²) in [6, 6.07) is 50.4. The van der Waals surface area contributed by atoms with Crippen molar-refractivity contribution in [2.24, 2.45) is 0 Å². The van der Waals surface area contributed by atoms with Crippen LogP contribution in [-0.2, 0) is 26.5 Å². The van der Waals surface area contributed by atoms with Gasteiger partial charge in [-0.3, -0.25) is 4.98 Å². The minimum Gasteiger partial charge on any atom is -0.503 e. The van der Waals surface area contributed by atoms with Gasteiger partial charge in [-0.25, -0.2) is 4.98 Å². The molecule has 1 aliphatic rings. The molecule has 4 aromatic heterocycles. The molecule has 9 heteroatoms. The maximum atomic E-state index is 6.67. The molecule has 0 atom stereocenters. The molecule has 0 spiro atoms. The summed E-state index contributed by atoms with van der Waals surface area (Å²) in [5.74, 6) is 2.88. The Balaban J connectivity index is 0.00000433. The van der Waals surface area contributed by atoms with Crippen molar-refractivity contribution in [3.05, 3.63) is 169 Å². The summed E-state index contributed by atoms with van der Waals surface area (Å²) in [6.07, 6.45) is 5.84. The maximum absolute atomic E-state index is 6.67. The molecule has 0 fully saturated rings. The van der Waals surface area contributed by atoms with E-state index in [9.17, 15) is 0 Å². The summed E-state index contributed by atoms with van der Waals surface area (Å²) in [6.45, 7) is 11.0. The number of para-hydroxylation sites is 2. The first kappa shape index (κ1) is 37.9. The van der Waals surface area contributed by atoms with Crippen LogP contribution in [0.3, 0.4) is 0 Å². The molecule has 0 radical (unpaired) electrons. The molecular weight excluding hydrogens is 918 g/mol. The van der Waals surface area contributed by atoms with Gasteiger partial charge in [0.05, 0.1) is 11.0 Å². The van der Waals surface area contributed by atoms with Crippen LogP contribution in [0.25, 0.3) is 66.5 Å². The molecule has 294 valence electrons. The molecule has 0 bridgehead atoms. The zero-order valence-corrected chi connectivity index (χ0v) is 36.5. The largest absolute Gasteiger partial charge is 2.00 e. The van der Waals surface area contributed by atoms with Crippen LogP contribution in [-0.4, -0.2) is 37.6 Å². The van der Waals surface area contributed by atoms with Gasteiger partial charge in [0, 0.05) is 57.9 Å². The number of imidazole rings is 1. The minimum atomic E-state index is -0.0536. The third-order valence-electron chi connectivity index (χ3n) is 12.1. The SMILES string of the molecule is Cc1cccc(C)c1B1N(C)c2ccc(Oc3[c-]c4c(cc3)c3cc(-n5c6ccccc6c6ccccc65)ccc3n4-c3cc(C(C)(C)C)ccn3)[c-]c2-c2nccn21.[Pt+2]. The Morgan fingerprint density at radius 1 is 0.633 bits per heavy atom. The Labute approximate surface area is 364 Å². The number of pyridine rings is 1. The number of aryl methyl sites for hydroxylation is 2. The minimum absolute atomic E-state index is 0. The molecule has 5 heterocycles. The second kappa shape index (κ2) is 14.1. The normalized spacial score (nSPS) is 12.6. The molecule has 0 aliphatic carbocycles. The van der Waals surface area contributed by atoms with E-state index in [4.69, 9.17) is 14.7 Å². The van der Waals surface area contributed by atoms with E-state index in [1.807, 2.05) is 24.5 Å². The second-order valence-corrected chi connectivity index (χ2v) is 16.8. The first-order valence-corrected chi connectivity index (χ1v) is 20.2. The average molecular weight is 960 g/mol. The van der Waals surface area contributed by atoms with Gasteiger partial charge in [0.15, 0.2) is 0 Å². The number of ether oxygens (including phenoxy) is 1. The van der Waals surface area contributed by atoms with E-state index < -0.39 is 0 Å². The summed E-state index contributed by atoms with van der Waals surface area (Å²) in [4.78, 5) is 12.1. The fourth-order valence-electron chi connectivity index (χ4n) is 9.26. The summed E-state index contributed by atoms with van der Waals surface area (Å²) >= 11 is 0. The van der Waals surface area contributed by atoms with Crippen LogP contribution in [0.15, 0.2) is 140 Å². The van der Waals surface area contributed by atoms with Crippen LogP contribution in [0.4, 0.5) is 5.69 Å². The first-order chi connectivity index (χ1) is 28.6. The van der Waals surface area contributed by atoms with Crippen molar-refractivity contribution in [3.8, 4) is 34.4 Å². The Morgan fingerprint density at radius 2 is 1.32 bits per heavy atom. The van der Waals surface area contributed by atoms with Crippen molar-refractivity contribution in [2.45, 2.75) is 40.0 Å². The fraction of sp³-hybridized carbons (Fsp3) is 0.137. The van der Waals surface area contributed by atoms with Gasteiger partial charge in [0.2, 0.25) is 0 Å². The summed E-state index contributed by atoms with van der Waals surface area (Å²) in [5, 5.41) is 4.65. The number of benzene rings is 6. The predicted molar refractivity (Wildman–Crippen MR) is 242 cm³/mol. The van der Waals surface area contributed by atoms with E-state index in [-0.39, 0.29) is 33.5 Å². The second-order valence-electron chi connectivity index (χ2n) is 16.8. The Bertz CT molecular complexity index is 3240. The average Bonchev–Trinajstić information content (AvgIpc) is 3.94. The molecule has 10 aromatic rings. The molecule has 0 saturated heterocycles. The van der Waals surface area contributed by atoms with E-state index in [1.165, 1.54) is 44.0 Å². The molecule has 0 N–H and O–H groups in total. The van der Waals surface area contributed by atoms with Crippen LogP contribution >= 0.6 is 0 Å². The van der Waals surface area contributed by atoms with Gasteiger partial charge in [-0.05, 0) is 85.2 Å². The van der Waals surface area contributed by atoms with Gasteiger partial charge >= 0.3 is 28.0 Å². The quantitative estimate of drug-likeness (QED) is 0.127. The van der Waals surface area contributed by atoms with Crippen molar-refractivity contribution >= 4 is 61.7 Å². The van der Waals surface area contributed by atoms with Crippen LogP contribution in [0.2, 0.25) is 0 Å². The van der Waals surface area contributed by atoms with E-state index in [1.54, 1.807) is 0 Å². The Kier molecular flexibility index (Phi) is 8.92. The van der Waals surface area contributed by atoms with Crippen molar-refractivity contribution < 1.29 is 25.8 Å². The van der Waals surface area contributed by atoms with Gasteiger partial charge in [-0.1, -0.05) is 115 Å². The molecule has 0 unspecified atom stereocenters. The first-order valence-electron chi connectivity index (χ1n) is 20.2. The summed E-state index contributed by atoms with van der Waals surface area (Å²) in [5.41, 5.74) is 12.3. The van der Waals surface area contributed by atoms with Crippen molar-refractivity contribution in [3.63, 3.8) is 0 Å². The third kappa shape index (κ3) is 5.83. The van der Waals surface area contributed by atoms with E-state index in [2.05, 4.69) is 188 Å². The number of fused-ring (bicyclic) bond motifs is 9. The molecule has 11 rings (SSSR count). The molecule has 6 aromatic carbocycles. The Hall–Kier alpha value is -6.37. The Morgan fingerprint density at radius 3 is 2.05 bits per heavy atom. The molecule has 7 nitrogen and oxygen atoms in total. The topological polar surface area (TPSA) is 53.0 Å². The third-order valence-corrected chi connectivity index (χ3v) is 12.1. The predicted octanol–water partition coefficient (Wildman–Crippen LogP) is 11.1. The fourth-order valence-corrected chi connectivity index (χ4v) is 9.26. The summed E-state index contributed by atoms with van der Waals surface area (Å²) < 4.78 is 13.5. The smallest absolute Gasteiger partial charge is 0.503 e. The number of aromatic nitrogens is 5. The standard InChI is InChI=1S/C51H41BN6O.Pt/c1-32-12-11-13-33(2)49(32)52-55(6)43-23-20-36(30-42(43)50-54-26-27-56(50)52)59-37-19-21-40-41-29-35(57-44-16-9-7-14-38(44)39-15-8-10-17-45(39)57)18-22-46(41)58(47(40)31-37)48-28-34(24-25-53-48)51(3,4)5;/h7-29H,1-6H3;/q-2;+2. The van der Waals surface area contributed by atoms with Crippen molar-refractivity contribution in [1.29, 1.82) is 0 Å².